The van der Waals surface area contributed by atoms with Crippen LogP contribution in [0.1, 0.15) is 25.8 Å². The summed E-state index contributed by atoms with van der Waals surface area (Å²) in [6.45, 7) is 5.65. The molecule has 0 unspecified atom stereocenters. The minimum Gasteiger partial charge on any atom is -0.399 e. The molecule has 88 valence electrons. The summed E-state index contributed by atoms with van der Waals surface area (Å²) in [5, 5.41) is 9.72. The molecule has 1 heterocycles. The number of hydrogen-bond acceptors (Lipinski definition) is 3. The number of aliphatic hydroxyl groups is 1. The van der Waals surface area contributed by atoms with Gasteiger partial charge in [0.25, 0.3) is 0 Å². The summed E-state index contributed by atoms with van der Waals surface area (Å²) in [5.41, 5.74) is 8.62. The van der Waals surface area contributed by atoms with E-state index in [0.717, 1.165) is 31.6 Å². The summed E-state index contributed by atoms with van der Waals surface area (Å²) in [6, 6.07) is 6.09. The average molecular weight is 220 g/mol. The molecule has 0 atom stereocenters. The maximum absolute atomic E-state index is 9.72. The monoisotopic (exact) mass is 220 g/mol. The fourth-order valence-corrected chi connectivity index (χ4v) is 2.13. The molecular weight excluding hydrogens is 200 g/mol. The largest absolute Gasteiger partial charge is 0.399 e. The van der Waals surface area contributed by atoms with Crippen LogP contribution < -0.4 is 10.6 Å². The number of fused-ring (bicyclic) bond motifs is 1. The van der Waals surface area contributed by atoms with Gasteiger partial charge in [0.05, 0.1) is 5.60 Å². The number of nitrogens with zero attached hydrogens (tertiary/aromatic N) is 1. The van der Waals surface area contributed by atoms with Crippen molar-refractivity contribution in [1.29, 1.82) is 0 Å². The summed E-state index contributed by atoms with van der Waals surface area (Å²) >= 11 is 0. The Balaban J connectivity index is 2.06. The van der Waals surface area contributed by atoms with Crippen LogP contribution in [0.5, 0.6) is 0 Å². The number of rotatable bonds is 3. The van der Waals surface area contributed by atoms with Crippen LogP contribution in [0.25, 0.3) is 0 Å². The summed E-state index contributed by atoms with van der Waals surface area (Å²) < 4.78 is 0. The number of anilines is 2. The van der Waals surface area contributed by atoms with Gasteiger partial charge in [0, 0.05) is 24.5 Å². The van der Waals surface area contributed by atoms with Crippen molar-refractivity contribution in [2.45, 2.75) is 32.3 Å². The van der Waals surface area contributed by atoms with Gasteiger partial charge < -0.3 is 15.7 Å². The molecule has 1 aromatic rings. The zero-order chi connectivity index (χ0) is 11.8. The van der Waals surface area contributed by atoms with Crippen LogP contribution >= 0.6 is 0 Å². The number of nitrogen functional groups attached to an aromatic ring is 1. The Kier molecular flexibility index (Phi) is 2.80. The highest BCUT2D eigenvalue weighted by molar-refractivity contribution is 5.62. The summed E-state index contributed by atoms with van der Waals surface area (Å²) in [6.07, 6.45) is 1.85. The van der Waals surface area contributed by atoms with Crippen LogP contribution in [-0.2, 0) is 6.42 Å². The SMILES string of the molecule is CC(C)(O)CCN1CCc2cc(N)ccc21. The Hall–Kier alpha value is -1.22. The Morgan fingerprint density at radius 1 is 1.44 bits per heavy atom. The molecule has 3 heteroatoms. The second-order valence-electron chi connectivity index (χ2n) is 5.19. The highest BCUT2D eigenvalue weighted by Crippen LogP contribution is 2.30. The predicted octanol–water partition coefficient (Wildman–Crippen LogP) is 1.79. The van der Waals surface area contributed by atoms with Crippen LogP contribution in [0.2, 0.25) is 0 Å². The summed E-state index contributed by atoms with van der Waals surface area (Å²) in [4.78, 5) is 2.33. The van der Waals surface area contributed by atoms with Crippen LogP contribution in [0, 0.1) is 0 Å². The van der Waals surface area contributed by atoms with Gasteiger partial charge in [0.1, 0.15) is 0 Å². The van der Waals surface area contributed by atoms with Crippen molar-refractivity contribution in [3.05, 3.63) is 23.8 Å². The number of nitrogens with two attached hydrogens (primary N) is 1. The lowest BCUT2D eigenvalue weighted by Gasteiger charge is -2.24. The molecular formula is C13H20N2O. The van der Waals surface area contributed by atoms with E-state index in [1.165, 1.54) is 11.3 Å². The molecule has 1 aliphatic heterocycles. The average Bonchev–Trinajstić information content (AvgIpc) is 2.56. The van der Waals surface area contributed by atoms with Crippen molar-refractivity contribution in [3.8, 4) is 0 Å². The molecule has 16 heavy (non-hydrogen) atoms. The van der Waals surface area contributed by atoms with Gasteiger partial charge in [-0.3, -0.25) is 0 Å². The van der Waals surface area contributed by atoms with Gasteiger partial charge >= 0.3 is 0 Å². The first-order valence-electron chi connectivity index (χ1n) is 5.81. The molecule has 0 aromatic heterocycles. The van der Waals surface area contributed by atoms with Crippen molar-refractivity contribution in [2.75, 3.05) is 23.7 Å². The molecule has 1 aliphatic rings. The first-order chi connectivity index (χ1) is 7.46. The molecule has 0 radical (unpaired) electrons. The third-order valence-electron chi connectivity index (χ3n) is 3.09. The van der Waals surface area contributed by atoms with Gasteiger partial charge in [-0.1, -0.05) is 0 Å². The highest BCUT2D eigenvalue weighted by Gasteiger charge is 2.21. The molecule has 0 saturated heterocycles. The Morgan fingerprint density at radius 2 is 2.19 bits per heavy atom. The van der Waals surface area contributed by atoms with E-state index in [0.29, 0.717) is 0 Å². The normalized spacial score (nSPS) is 15.3. The van der Waals surface area contributed by atoms with Crippen molar-refractivity contribution < 1.29 is 5.11 Å². The fourth-order valence-electron chi connectivity index (χ4n) is 2.13. The van der Waals surface area contributed by atoms with Crippen molar-refractivity contribution in [3.63, 3.8) is 0 Å². The molecule has 0 amide bonds. The van der Waals surface area contributed by atoms with Gasteiger partial charge in [-0.2, -0.15) is 0 Å². The maximum atomic E-state index is 9.72. The molecule has 0 aliphatic carbocycles. The van der Waals surface area contributed by atoms with Crippen LogP contribution in [0.3, 0.4) is 0 Å². The fraction of sp³-hybridized carbons (Fsp3) is 0.538. The lowest BCUT2D eigenvalue weighted by atomic mass is 10.1. The predicted molar refractivity (Wildman–Crippen MR) is 67.7 cm³/mol. The molecule has 0 fully saturated rings. The van der Waals surface area contributed by atoms with E-state index in [1.807, 2.05) is 19.9 Å². The standard InChI is InChI=1S/C13H20N2O/c1-13(2,16)6-8-15-7-5-10-9-11(14)3-4-12(10)15/h3-4,9,16H,5-8,14H2,1-2H3. The molecule has 0 spiro atoms. The molecule has 3 nitrogen and oxygen atoms in total. The molecule has 3 N–H and O–H groups in total. The topological polar surface area (TPSA) is 49.5 Å². The summed E-state index contributed by atoms with van der Waals surface area (Å²) in [7, 11) is 0. The first kappa shape index (κ1) is 11.3. The summed E-state index contributed by atoms with van der Waals surface area (Å²) in [5.74, 6) is 0. The zero-order valence-corrected chi connectivity index (χ0v) is 10.0. The van der Waals surface area contributed by atoms with E-state index >= 15 is 0 Å². The minimum absolute atomic E-state index is 0.587. The molecule has 2 rings (SSSR count). The molecule has 0 saturated carbocycles. The van der Waals surface area contributed by atoms with Crippen LogP contribution in [-0.4, -0.2) is 23.8 Å². The van der Waals surface area contributed by atoms with E-state index in [-0.39, 0.29) is 0 Å². The van der Waals surface area contributed by atoms with Gasteiger partial charge in [0.15, 0.2) is 0 Å². The minimum atomic E-state index is -0.587. The lowest BCUT2D eigenvalue weighted by Crippen LogP contribution is -2.29. The molecule has 1 aromatic carbocycles. The number of hydrogen-bond donors (Lipinski definition) is 2. The van der Waals surface area contributed by atoms with E-state index in [4.69, 9.17) is 5.73 Å². The van der Waals surface area contributed by atoms with Crippen molar-refractivity contribution in [1.82, 2.24) is 0 Å². The van der Waals surface area contributed by atoms with Gasteiger partial charge in [-0.15, -0.1) is 0 Å². The Bertz CT molecular complexity index is 382. The Labute approximate surface area is 96.9 Å². The lowest BCUT2D eigenvalue weighted by molar-refractivity contribution is 0.0732. The van der Waals surface area contributed by atoms with Crippen LogP contribution in [0.4, 0.5) is 11.4 Å². The van der Waals surface area contributed by atoms with E-state index in [1.54, 1.807) is 0 Å². The molecule has 0 bridgehead atoms. The quantitative estimate of drug-likeness (QED) is 0.764. The van der Waals surface area contributed by atoms with E-state index < -0.39 is 5.60 Å². The van der Waals surface area contributed by atoms with E-state index in [9.17, 15) is 5.11 Å². The third kappa shape index (κ3) is 2.47. The zero-order valence-electron chi connectivity index (χ0n) is 10.0. The highest BCUT2D eigenvalue weighted by atomic mass is 16.3. The van der Waals surface area contributed by atoms with Gasteiger partial charge in [0.2, 0.25) is 0 Å². The second kappa shape index (κ2) is 3.98. The van der Waals surface area contributed by atoms with Gasteiger partial charge in [-0.05, 0) is 50.5 Å². The smallest absolute Gasteiger partial charge is 0.0608 e. The van der Waals surface area contributed by atoms with Crippen LogP contribution in [0.15, 0.2) is 18.2 Å². The Morgan fingerprint density at radius 3 is 2.88 bits per heavy atom. The van der Waals surface area contributed by atoms with E-state index in [2.05, 4.69) is 17.0 Å². The van der Waals surface area contributed by atoms with Crippen molar-refractivity contribution >= 4 is 11.4 Å². The third-order valence-corrected chi connectivity index (χ3v) is 3.09. The van der Waals surface area contributed by atoms with Gasteiger partial charge in [-0.25, -0.2) is 0 Å². The number of benzene rings is 1. The second-order valence-corrected chi connectivity index (χ2v) is 5.19. The van der Waals surface area contributed by atoms with Crippen molar-refractivity contribution in [2.24, 2.45) is 0 Å². The first-order valence-corrected chi connectivity index (χ1v) is 5.81. The maximum Gasteiger partial charge on any atom is 0.0608 e.